The normalized spacial score (nSPS) is 28.5. The lowest BCUT2D eigenvalue weighted by atomic mass is 9.97. The van der Waals surface area contributed by atoms with Crippen LogP contribution in [-0.4, -0.2) is 193 Å². The van der Waals surface area contributed by atoms with Crippen molar-refractivity contribution in [3.05, 3.63) is 0 Å². The fourth-order valence-corrected chi connectivity index (χ4v) is 7.77. The Morgan fingerprint density at radius 1 is 0.484 bits per heavy atom. The number of phosphoric acid groups is 2. The smallest absolute Gasteiger partial charge is 0.394 e. The minimum Gasteiger partial charge on any atom is -0.394 e. The lowest BCUT2D eigenvalue weighted by Gasteiger charge is -2.42. The van der Waals surface area contributed by atoms with Gasteiger partial charge in [-0.05, 0) is 38.5 Å². The van der Waals surface area contributed by atoms with Gasteiger partial charge >= 0.3 is 15.6 Å². The highest BCUT2D eigenvalue weighted by Crippen LogP contribution is 2.44. The maximum atomic E-state index is 12.1. The summed E-state index contributed by atoms with van der Waals surface area (Å²) < 4.78 is 77.3. The molecule has 10 N–H and O–H groups in total. The molecule has 0 spiro atoms. The second-order valence-electron chi connectivity index (χ2n) is 14.6. The highest BCUT2D eigenvalue weighted by Gasteiger charge is 2.46. The van der Waals surface area contributed by atoms with Gasteiger partial charge in [-0.1, -0.05) is 25.7 Å². The molecule has 12 atom stereocenters. The van der Waals surface area contributed by atoms with E-state index in [-0.39, 0.29) is 66.1 Å². The number of amides is 2. The van der Waals surface area contributed by atoms with Crippen LogP contribution in [0.15, 0.2) is 0 Å². The summed E-state index contributed by atoms with van der Waals surface area (Å²) in [5.74, 6) is -0.899. The molecule has 2 rings (SSSR count). The molecule has 0 saturated carbocycles. The molecule has 6 unspecified atom stereocenters. The van der Waals surface area contributed by atoms with Crippen molar-refractivity contribution in [3.63, 3.8) is 0 Å². The molecular formula is C36H70N2O22P2. The molecule has 0 radical (unpaired) electrons. The predicted octanol–water partition coefficient (Wildman–Crippen LogP) is -0.892. The Bertz CT molecular complexity index is 1230. The molecule has 0 aromatic carbocycles. The number of rotatable bonds is 35. The molecule has 2 aliphatic heterocycles. The fourth-order valence-electron chi connectivity index (χ4n) is 6.18. The fraction of sp³-hybridized carbons (Fsp3) is 0.944. The van der Waals surface area contributed by atoms with E-state index < -0.39 is 102 Å². The number of unbranched alkanes of at least 4 members (excludes halogenated alkanes) is 6. The highest BCUT2D eigenvalue weighted by molar-refractivity contribution is 7.47. The quantitative estimate of drug-likeness (QED) is 0.0272. The summed E-state index contributed by atoms with van der Waals surface area (Å²) in [6.07, 6.45) is -4.50. The molecule has 24 nitrogen and oxygen atoms in total. The van der Waals surface area contributed by atoms with Crippen molar-refractivity contribution < 1.29 is 106 Å². The average Bonchev–Trinajstić information content (AvgIpc) is 3.21. The van der Waals surface area contributed by atoms with E-state index in [1.165, 1.54) is 13.8 Å². The SMILES string of the molecule is CC(=O)NC1[C@H](OCCCCCCOP(=O)(O)OCCCOCCOCCCOP(=O)(O)OCCCCCCO[C@@H]2OC(CO)[C@H](O)C(O)[C@@H]2NC(C)=O)OC(CO)[C@H](O)[C@@H]1O. The molecule has 366 valence electrons. The van der Waals surface area contributed by atoms with Crippen molar-refractivity contribution in [1.29, 1.82) is 0 Å². The lowest BCUT2D eigenvalue weighted by Crippen LogP contribution is -2.64. The minimum atomic E-state index is -4.24. The van der Waals surface area contributed by atoms with Crippen LogP contribution in [0.5, 0.6) is 0 Å². The van der Waals surface area contributed by atoms with E-state index in [4.69, 9.17) is 46.5 Å². The highest BCUT2D eigenvalue weighted by atomic mass is 31.2. The van der Waals surface area contributed by atoms with Gasteiger partial charge in [-0.15, -0.1) is 0 Å². The van der Waals surface area contributed by atoms with Crippen LogP contribution in [0.2, 0.25) is 0 Å². The molecule has 2 heterocycles. The monoisotopic (exact) mass is 944 g/mol. The van der Waals surface area contributed by atoms with Crippen molar-refractivity contribution in [2.75, 3.05) is 79.3 Å². The summed E-state index contributed by atoms with van der Waals surface area (Å²) in [7, 11) is -8.48. The van der Waals surface area contributed by atoms with E-state index in [9.17, 15) is 59.1 Å². The second kappa shape index (κ2) is 31.6. The van der Waals surface area contributed by atoms with Crippen molar-refractivity contribution >= 4 is 27.5 Å². The summed E-state index contributed by atoms with van der Waals surface area (Å²) in [4.78, 5) is 42.8. The molecule has 0 aromatic rings. The van der Waals surface area contributed by atoms with Crippen LogP contribution >= 0.6 is 15.6 Å². The first kappa shape index (κ1) is 56.8. The largest absolute Gasteiger partial charge is 0.472 e. The summed E-state index contributed by atoms with van der Waals surface area (Å²) in [6.45, 7) is 2.62. The Morgan fingerprint density at radius 3 is 1.13 bits per heavy atom. The van der Waals surface area contributed by atoms with Gasteiger partial charge < -0.3 is 79.5 Å². The number of aliphatic hydroxyl groups is 6. The van der Waals surface area contributed by atoms with Crippen LogP contribution in [0.4, 0.5) is 0 Å². The summed E-state index contributed by atoms with van der Waals surface area (Å²) in [5, 5.41) is 64.5. The Balaban J connectivity index is 1.39. The molecule has 26 heteroatoms. The molecule has 0 aliphatic carbocycles. The zero-order valence-corrected chi connectivity index (χ0v) is 37.3. The summed E-state index contributed by atoms with van der Waals surface area (Å²) in [6, 6.07) is -2.03. The number of ether oxygens (including phenoxy) is 6. The van der Waals surface area contributed by atoms with Crippen LogP contribution in [0.3, 0.4) is 0 Å². The Labute approximate surface area is 362 Å². The maximum Gasteiger partial charge on any atom is 0.472 e. The zero-order valence-electron chi connectivity index (χ0n) is 35.5. The molecule has 0 bridgehead atoms. The van der Waals surface area contributed by atoms with Crippen LogP contribution in [-0.2, 0) is 65.2 Å². The zero-order chi connectivity index (χ0) is 46.0. The van der Waals surface area contributed by atoms with Crippen LogP contribution in [0, 0.1) is 0 Å². The molecule has 2 amide bonds. The second-order valence-corrected chi connectivity index (χ2v) is 17.5. The Morgan fingerprint density at radius 2 is 0.806 bits per heavy atom. The van der Waals surface area contributed by atoms with E-state index in [0.717, 1.165) is 0 Å². The maximum absolute atomic E-state index is 12.1. The van der Waals surface area contributed by atoms with E-state index in [1.54, 1.807) is 0 Å². The van der Waals surface area contributed by atoms with E-state index in [0.29, 0.717) is 64.2 Å². The molecule has 2 aliphatic rings. The van der Waals surface area contributed by atoms with Crippen molar-refractivity contribution in [2.24, 2.45) is 0 Å². The number of aliphatic hydroxyl groups excluding tert-OH is 6. The van der Waals surface area contributed by atoms with Gasteiger partial charge in [0.25, 0.3) is 0 Å². The van der Waals surface area contributed by atoms with Crippen LogP contribution in [0.1, 0.15) is 78.1 Å². The van der Waals surface area contributed by atoms with Crippen molar-refractivity contribution in [2.45, 2.75) is 139 Å². The van der Waals surface area contributed by atoms with Crippen LogP contribution in [0.25, 0.3) is 0 Å². The van der Waals surface area contributed by atoms with Crippen molar-refractivity contribution in [3.8, 4) is 0 Å². The lowest BCUT2D eigenvalue weighted by molar-refractivity contribution is -0.270. The van der Waals surface area contributed by atoms with E-state index in [1.807, 2.05) is 0 Å². The third-order valence-electron chi connectivity index (χ3n) is 9.40. The number of carbonyl (C=O) groups excluding carboxylic acids is 2. The first-order valence-electron chi connectivity index (χ1n) is 20.9. The Hall–Kier alpha value is -1.32. The number of hydrogen-bond donors (Lipinski definition) is 10. The molecule has 2 saturated heterocycles. The third-order valence-corrected chi connectivity index (χ3v) is 11.4. The molecular weight excluding hydrogens is 874 g/mol. The number of phosphoric ester groups is 2. The predicted molar refractivity (Wildman–Crippen MR) is 214 cm³/mol. The molecule has 0 aromatic heterocycles. The van der Waals surface area contributed by atoms with Gasteiger partial charge in [0, 0.05) is 40.3 Å². The van der Waals surface area contributed by atoms with Crippen LogP contribution < -0.4 is 10.6 Å². The molecule has 62 heavy (non-hydrogen) atoms. The first-order chi connectivity index (χ1) is 29.5. The van der Waals surface area contributed by atoms with Gasteiger partial charge in [0.2, 0.25) is 11.8 Å². The van der Waals surface area contributed by atoms with Gasteiger partial charge in [-0.25, -0.2) is 9.13 Å². The topological polar surface area (TPSA) is 346 Å². The first-order valence-corrected chi connectivity index (χ1v) is 23.9. The van der Waals surface area contributed by atoms with Gasteiger partial charge in [-0.2, -0.15) is 0 Å². The van der Waals surface area contributed by atoms with Crippen molar-refractivity contribution in [1.82, 2.24) is 10.6 Å². The van der Waals surface area contributed by atoms with Gasteiger partial charge in [-0.3, -0.25) is 27.7 Å². The standard InChI is InChI=1S/C36H70N2O22P2/c1-25(41)37-29-33(45)31(43)27(23-39)59-35(29)53-15-7-3-5-9-17-55-61(47,48)57-19-11-13-51-21-22-52-14-12-20-58-62(49,50)56-18-10-6-4-8-16-54-36-30(38-26(2)42)34(46)32(44)28(24-40)60-36/h27-36,39-40,43-46H,3-24H2,1-2H3,(H,37,41)(H,38,42)(H,47,48)(H,49,50)/t27?,28?,29-,30?,31-,32-,33?,34+,35+,36+/m0/s1. The number of nitrogens with one attached hydrogen (secondary N) is 2. The molecule has 2 fully saturated rings. The summed E-state index contributed by atoms with van der Waals surface area (Å²) >= 11 is 0. The minimum absolute atomic E-state index is 0.00759. The Kier molecular flexibility index (Phi) is 28.9. The van der Waals surface area contributed by atoms with E-state index >= 15 is 0 Å². The third kappa shape index (κ3) is 23.2. The summed E-state index contributed by atoms with van der Waals surface area (Å²) in [5.41, 5.74) is 0. The number of carbonyl (C=O) groups is 2. The van der Waals surface area contributed by atoms with E-state index in [2.05, 4.69) is 10.6 Å². The van der Waals surface area contributed by atoms with Gasteiger partial charge in [0.05, 0.1) is 52.9 Å². The van der Waals surface area contributed by atoms with Gasteiger partial charge in [0.15, 0.2) is 12.6 Å². The average molecular weight is 945 g/mol. The van der Waals surface area contributed by atoms with Gasteiger partial charge in [0.1, 0.15) is 48.7 Å². The number of hydrogen-bond acceptors (Lipinski definition) is 20.